The van der Waals surface area contributed by atoms with Gasteiger partial charge in [0.2, 0.25) is 5.91 Å². The maximum Gasteiger partial charge on any atom is 0.318 e. The molecule has 0 fully saturated rings. The maximum absolute atomic E-state index is 12.6. The summed E-state index contributed by atoms with van der Waals surface area (Å²) >= 11 is 0. The first kappa shape index (κ1) is 13.1. The van der Waals surface area contributed by atoms with Gasteiger partial charge in [-0.25, -0.2) is 9.18 Å². The highest BCUT2D eigenvalue weighted by Crippen LogP contribution is 2.02. The number of rotatable bonds is 5. The molecule has 1 aromatic rings. The van der Waals surface area contributed by atoms with Crippen LogP contribution < -0.4 is 16.4 Å². The van der Waals surface area contributed by atoms with Gasteiger partial charge in [0.25, 0.3) is 0 Å². The lowest BCUT2D eigenvalue weighted by Gasteiger charge is -2.04. The molecule has 4 N–H and O–H groups in total. The normalized spacial score (nSPS) is 9.94. The van der Waals surface area contributed by atoms with Gasteiger partial charge in [0, 0.05) is 0 Å². The molecular weight excluding hydrogens is 225 g/mol. The third kappa shape index (κ3) is 5.62. The number of urea groups is 1. The molecule has 1 aromatic carbocycles. The summed E-state index contributed by atoms with van der Waals surface area (Å²) in [6.07, 6.45) is 0.671. The number of imide groups is 1. The van der Waals surface area contributed by atoms with Gasteiger partial charge in [-0.2, -0.15) is 0 Å². The fourth-order valence-corrected chi connectivity index (χ4v) is 1.27. The van der Waals surface area contributed by atoms with Gasteiger partial charge < -0.3 is 11.1 Å². The van der Waals surface area contributed by atoms with Crippen molar-refractivity contribution < 1.29 is 14.0 Å². The molecule has 5 nitrogen and oxygen atoms in total. The summed E-state index contributed by atoms with van der Waals surface area (Å²) in [7, 11) is 0. The molecule has 17 heavy (non-hydrogen) atoms. The van der Waals surface area contributed by atoms with E-state index in [0.29, 0.717) is 13.0 Å². The minimum absolute atomic E-state index is 0.0180. The molecule has 1 rings (SSSR count). The summed E-state index contributed by atoms with van der Waals surface area (Å²) in [5, 5.41) is 4.78. The lowest BCUT2D eigenvalue weighted by molar-refractivity contribution is -0.119. The quantitative estimate of drug-likeness (QED) is 0.639. The Bertz CT molecular complexity index is 392. The second-order valence-electron chi connectivity index (χ2n) is 3.47. The second-order valence-corrected chi connectivity index (χ2v) is 3.47. The number of halogens is 1. The molecule has 0 unspecified atom stereocenters. The van der Waals surface area contributed by atoms with Crippen LogP contribution in [0.1, 0.15) is 5.56 Å². The molecule has 92 valence electrons. The van der Waals surface area contributed by atoms with Crippen molar-refractivity contribution >= 4 is 11.9 Å². The van der Waals surface area contributed by atoms with Crippen LogP contribution in [0.3, 0.4) is 0 Å². The highest BCUT2D eigenvalue weighted by Gasteiger charge is 2.02. The van der Waals surface area contributed by atoms with Crippen LogP contribution in [0, 0.1) is 5.82 Å². The van der Waals surface area contributed by atoms with Crippen molar-refractivity contribution in [2.45, 2.75) is 6.42 Å². The Morgan fingerprint density at radius 3 is 2.47 bits per heavy atom. The van der Waals surface area contributed by atoms with Crippen molar-refractivity contribution in [1.82, 2.24) is 10.6 Å². The Hall–Kier alpha value is -1.95. The molecular formula is C11H14FN3O2. The van der Waals surface area contributed by atoms with Gasteiger partial charge in [-0.15, -0.1) is 0 Å². The number of benzene rings is 1. The number of nitrogens with one attached hydrogen (secondary N) is 2. The first-order valence-corrected chi connectivity index (χ1v) is 5.12. The molecule has 0 saturated carbocycles. The number of hydrogen-bond acceptors (Lipinski definition) is 3. The van der Waals surface area contributed by atoms with Gasteiger partial charge in [-0.3, -0.25) is 10.1 Å². The first-order valence-electron chi connectivity index (χ1n) is 5.12. The van der Waals surface area contributed by atoms with Crippen molar-refractivity contribution in [3.05, 3.63) is 35.6 Å². The Balaban J connectivity index is 2.18. The summed E-state index contributed by atoms with van der Waals surface area (Å²) in [5.41, 5.74) is 5.74. The number of carbonyl (C=O) groups is 2. The van der Waals surface area contributed by atoms with E-state index in [1.807, 2.05) is 5.32 Å². The summed E-state index contributed by atoms with van der Waals surface area (Å²) in [6, 6.07) is 5.26. The molecule has 0 aliphatic rings. The topological polar surface area (TPSA) is 84.2 Å². The monoisotopic (exact) mass is 239 g/mol. The molecule has 0 bridgehead atoms. The van der Waals surface area contributed by atoms with Crippen molar-refractivity contribution in [2.24, 2.45) is 5.73 Å². The van der Waals surface area contributed by atoms with Crippen molar-refractivity contribution in [1.29, 1.82) is 0 Å². The van der Waals surface area contributed by atoms with E-state index in [4.69, 9.17) is 5.73 Å². The van der Waals surface area contributed by atoms with E-state index in [1.165, 1.54) is 12.1 Å². The van der Waals surface area contributed by atoms with E-state index in [-0.39, 0.29) is 12.4 Å². The fraction of sp³-hybridized carbons (Fsp3) is 0.273. The van der Waals surface area contributed by atoms with E-state index < -0.39 is 11.9 Å². The molecule has 3 amide bonds. The molecule has 0 saturated heterocycles. The molecule has 0 aliphatic heterocycles. The van der Waals surface area contributed by atoms with Crippen molar-refractivity contribution in [2.75, 3.05) is 13.1 Å². The van der Waals surface area contributed by atoms with Gasteiger partial charge >= 0.3 is 6.03 Å². The predicted molar refractivity (Wildman–Crippen MR) is 60.7 cm³/mol. The van der Waals surface area contributed by atoms with Crippen LogP contribution >= 0.6 is 0 Å². The zero-order chi connectivity index (χ0) is 12.7. The predicted octanol–water partition coefficient (Wildman–Crippen LogP) is 0.153. The SMILES string of the molecule is NC(=O)NC(=O)CNCCc1ccc(F)cc1. The van der Waals surface area contributed by atoms with E-state index >= 15 is 0 Å². The minimum atomic E-state index is -0.865. The third-order valence-corrected chi connectivity index (χ3v) is 2.05. The minimum Gasteiger partial charge on any atom is -0.351 e. The molecule has 6 heteroatoms. The average Bonchev–Trinajstić information content (AvgIpc) is 2.26. The first-order chi connectivity index (χ1) is 8.08. The van der Waals surface area contributed by atoms with Crippen molar-refractivity contribution in [3.8, 4) is 0 Å². The number of amides is 3. The number of hydrogen-bond donors (Lipinski definition) is 3. The van der Waals surface area contributed by atoms with Crippen LogP contribution in [0.2, 0.25) is 0 Å². The Kier molecular flexibility index (Phi) is 5.09. The smallest absolute Gasteiger partial charge is 0.318 e. The molecule has 0 spiro atoms. The standard InChI is InChI=1S/C11H14FN3O2/c12-9-3-1-8(2-4-9)5-6-14-7-10(16)15-11(13)17/h1-4,14H,5-7H2,(H3,13,15,16,17). The van der Waals surface area contributed by atoms with Gasteiger partial charge in [-0.1, -0.05) is 12.1 Å². The molecule has 0 aliphatic carbocycles. The van der Waals surface area contributed by atoms with Gasteiger partial charge in [0.1, 0.15) is 5.82 Å². The molecule has 0 heterocycles. The van der Waals surface area contributed by atoms with Crippen molar-refractivity contribution in [3.63, 3.8) is 0 Å². The summed E-state index contributed by atoms with van der Waals surface area (Å²) in [4.78, 5) is 21.3. The largest absolute Gasteiger partial charge is 0.351 e. The zero-order valence-corrected chi connectivity index (χ0v) is 9.20. The Morgan fingerprint density at radius 1 is 1.24 bits per heavy atom. The second kappa shape index (κ2) is 6.59. The lowest BCUT2D eigenvalue weighted by atomic mass is 10.1. The van der Waals surface area contributed by atoms with Gasteiger partial charge in [-0.05, 0) is 30.7 Å². The summed E-state index contributed by atoms with van der Waals surface area (Å²) < 4.78 is 12.6. The molecule has 0 aromatic heterocycles. The fourth-order valence-electron chi connectivity index (χ4n) is 1.27. The van der Waals surface area contributed by atoms with E-state index in [2.05, 4.69) is 5.32 Å². The van der Waals surface area contributed by atoms with E-state index in [9.17, 15) is 14.0 Å². The maximum atomic E-state index is 12.6. The number of primary amides is 1. The molecule has 0 radical (unpaired) electrons. The average molecular weight is 239 g/mol. The molecule has 0 atom stereocenters. The van der Waals surface area contributed by atoms with Crippen LogP contribution in [-0.2, 0) is 11.2 Å². The Morgan fingerprint density at radius 2 is 1.88 bits per heavy atom. The number of carbonyl (C=O) groups excluding carboxylic acids is 2. The van der Waals surface area contributed by atoms with Crippen LogP contribution in [0.5, 0.6) is 0 Å². The van der Waals surface area contributed by atoms with Crippen LogP contribution in [0.25, 0.3) is 0 Å². The van der Waals surface area contributed by atoms with Gasteiger partial charge in [0.05, 0.1) is 6.54 Å². The third-order valence-electron chi connectivity index (χ3n) is 2.05. The van der Waals surface area contributed by atoms with E-state index in [1.54, 1.807) is 12.1 Å². The summed E-state index contributed by atoms with van der Waals surface area (Å²) in [6.45, 7) is 0.571. The zero-order valence-electron chi connectivity index (χ0n) is 9.20. The number of nitrogens with two attached hydrogens (primary N) is 1. The van der Waals surface area contributed by atoms with Gasteiger partial charge in [0.15, 0.2) is 0 Å². The van der Waals surface area contributed by atoms with E-state index in [0.717, 1.165) is 5.56 Å². The lowest BCUT2D eigenvalue weighted by Crippen LogP contribution is -2.40. The highest BCUT2D eigenvalue weighted by molar-refractivity contribution is 5.94. The van der Waals surface area contributed by atoms with Crippen LogP contribution in [0.4, 0.5) is 9.18 Å². The summed E-state index contributed by atoms with van der Waals surface area (Å²) in [5.74, 6) is -0.751. The van der Waals surface area contributed by atoms with Crippen LogP contribution in [-0.4, -0.2) is 25.0 Å². The Labute approximate surface area is 98.2 Å². The highest BCUT2D eigenvalue weighted by atomic mass is 19.1. The van der Waals surface area contributed by atoms with Crippen LogP contribution in [0.15, 0.2) is 24.3 Å².